The summed E-state index contributed by atoms with van der Waals surface area (Å²) < 4.78 is 3.82. The van der Waals surface area contributed by atoms with Crippen molar-refractivity contribution in [2.45, 2.75) is 0 Å². The van der Waals surface area contributed by atoms with Gasteiger partial charge in [-0.2, -0.15) is 0 Å². The Kier molecular flexibility index (Phi) is 3.58. The maximum absolute atomic E-state index is 5.64. The maximum atomic E-state index is 5.64. The number of ether oxygens (including phenoxy) is 1. The van der Waals surface area contributed by atoms with Crippen LogP contribution in [0.2, 0.25) is 0 Å². The molecule has 0 bridgehead atoms. The molecule has 74 valence electrons. The van der Waals surface area contributed by atoms with Crippen LogP contribution >= 0.6 is 31.5 Å². The molecule has 0 saturated carbocycles. The van der Waals surface area contributed by atoms with Crippen molar-refractivity contribution < 1.29 is 4.74 Å². The third-order valence-corrected chi connectivity index (χ3v) is 27.9. The monoisotopic (exact) mass is 297 g/mol. The minimum Gasteiger partial charge on any atom is -0.496 e. The van der Waals surface area contributed by atoms with E-state index in [1.54, 1.807) is 29.1 Å². The largest absolute Gasteiger partial charge is 0.496 e. The first-order valence-corrected chi connectivity index (χ1v) is 13.0. The van der Waals surface area contributed by atoms with E-state index in [0.717, 1.165) is 5.75 Å². The van der Waals surface area contributed by atoms with Crippen molar-refractivity contribution in [2.24, 2.45) is 0 Å². The summed E-state index contributed by atoms with van der Waals surface area (Å²) >= 11 is 14.4. The molecule has 0 unspecified atom stereocenters. The lowest BCUT2D eigenvalue weighted by atomic mass is 10.3. The van der Waals surface area contributed by atoms with Crippen molar-refractivity contribution in [3.63, 3.8) is 0 Å². The summed E-state index contributed by atoms with van der Waals surface area (Å²) in [5.41, 5.74) is 0. The second kappa shape index (κ2) is 4.40. The summed E-state index contributed by atoms with van der Waals surface area (Å²) in [4.78, 5) is 0. The van der Waals surface area contributed by atoms with Gasteiger partial charge in [-0.3, -0.25) is 0 Å². The van der Waals surface area contributed by atoms with Crippen LogP contribution in [0.25, 0.3) is 0 Å². The smallest absolute Gasteiger partial charge is 0.329 e. The normalized spacial score (nSPS) is 28.2. The van der Waals surface area contributed by atoms with Gasteiger partial charge in [0.15, 0.2) is 38.3 Å². The van der Waals surface area contributed by atoms with Gasteiger partial charge in [0.05, 0.1) is 12.4 Å². The molecule has 0 amide bonds. The van der Waals surface area contributed by atoms with Crippen LogP contribution in [0.4, 0.5) is 0 Å². The highest BCUT2D eigenvalue weighted by Gasteiger charge is 2.50. The predicted molar refractivity (Wildman–Crippen MR) is 76.4 cm³/mol. The highest BCUT2D eigenvalue weighted by molar-refractivity contribution is 9.44. The third kappa shape index (κ3) is 2.04. The van der Waals surface area contributed by atoms with Gasteiger partial charge in [-0.05, 0) is 12.1 Å². The molecule has 0 radical (unpaired) electrons. The Morgan fingerprint density at radius 2 is 2.00 bits per heavy atom. The third-order valence-electron chi connectivity index (χ3n) is 1.73. The van der Waals surface area contributed by atoms with E-state index >= 15 is 0 Å². The molecule has 0 N–H and O–H groups in total. The van der Waals surface area contributed by atoms with Crippen LogP contribution in [0.1, 0.15) is 0 Å². The quantitative estimate of drug-likeness (QED) is 0.764. The van der Waals surface area contributed by atoms with Gasteiger partial charge >= 0.3 is 5.10 Å². The Morgan fingerprint density at radius 1 is 1.36 bits per heavy atom. The first-order valence-electron chi connectivity index (χ1n) is 3.76. The van der Waals surface area contributed by atoms with E-state index in [4.69, 9.17) is 28.4 Å². The van der Waals surface area contributed by atoms with Crippen LogP contribution in [-0.2, 0) is 23.6 Å². The predicted octanol–water partition coefficient (Wildman–Crippen LogP) is 3.88. The maximum Gasteiger partial charge on any atom is 0.329 e. The molecule has 0 aromatic heterocycles. The molecule has 1 fully saturated rings. The zero-order valence-corrected chi connectivity index (χ0v) is 12.3. The van der Waals surface area contributed by atoms with Crippen molar-refractivity contribution in [2.75, 3.05) is 7.11 Å². The van der Waals surface area contributed by atoms with E-state index < -0.39 is 4.44 Å². The summed E-state index contributed by atoms with van der Waals surface area (Å²) in [6.45, 7) is 0. The number of hydrogen-bond acceptors (Lipinski definition) is 5. The Hall–Kier alpha value is 0.890. The Balaban J connectivity index is 2.41. The fourth-order valence-corrected chi connectivity index (χ4v) is 33.2. The molecule has 0 atom stereocenters. The van der Waals surface area contributed by atoms with Gasteiger partial charge in [0, 0.05) is 0 Å². The summed E-state index contributed by atoms with van der Waals surface area (Å²) in [6.07, 6.45) is 0. The molecule has 1 nitrogen and oxygen atoms in total. The summed E-state index contributed by atoms with van der Waals surface area (Å²) in [7, 11) is 1.69. The van der Waals surface area contributed by atoms with Crippen LogP contribution in [0.3, 0.4) is 0 Å². The van der Waals surface area contributed by atoms with Gasteiger partial charge in [-0.1, -0.05) is 23.9 Å². The van der Waals surface area contributed by atoms with Crippen LogP contribution in [0, 0.1) is 0 Å². The Morgan fingerprint density at radius 3 is 2.57 bits per heavy atom. The summed E-state index contributed by atoms with van der Waals surface area (Å²) in [6, 6.07) is 8.01. The molecule has 1 saturated heterocycles. The van der Waals surface area contributed by atoms with Gasteiger partial charge in [0.1, 0.15) is 5.75 Å². The molecule has 1 aliphatic rings. The molecule has 2 rings (SSSR count). The second-order valence-corrected chi connectivity index (χ2v) is 21.1. The van der Waals surface area contributed by atoms with E-state index in [1.165, 1.54) is 5.30 Å². The van der Waals surface area contributed by atoms with Crippen LogP contribution in [0.5, 0.6) is 5.75 Å². The average molecular weight is 297 g/mol. The van der Waals surface area contributed by atoms with E-state index in [9.17, 15) is 0 Å². The van der Waals surface area contributed by atoms with Crippen molar-refractivity contribution in [1.29, 1.82) is 0 Å². The average Bonchev–Trinajstić information content (AvgIpc) is 2.15. The minimum absolute atomic E-state index is 0.340. The second-order valence-electron chi connectivity index (χ2n) is 2.56. The lowest BCUT2D eigenvalue weighted by molar-refractivity contribution is 0.418. The lowest BCUT2D eigenvalue weighted by Crippen LogP contribution is -2.05. The first kappa shape index (κ1) is 11.4. The van der Waals surface area contributed by atoms with Crippen LogP contribution in [-0.4, -0.2) is 7.11 Å². The topological polar surface area (TPSA) is 9.23 Å². The fraction of sp³-hybridized carbons (Fsp3) is 0.143. The molecule has 1 aromatic rings. The molecule has 1 aromatic carbocycles. The van der Waals surface area contributed by atoms with Gasteiger partial charge in [0.25, 0.3) is 0 Å². The molecular formula is C7H7OP2S4+. The number of methoxy groups -OCH3 is 1. The van der Waals surface area contributed by atoms with Crippen molar-refractivity contribution >= 4 is 60.5 Å². The van der Waals surface area contributed by atoms with E-state index in [1.807, 2.05) is 18.2 Å². The molecule has 0 aliphatic carbocycles. The van der Waals surface area contributed by atoms with Gasteiger partial charge < -0.3 is 4.74 Å². The minimum atomic E-state index is -1.49. The van der Waals surface area contributed by atoms with Gasteiger partial charge in [-0.25, -0.2) is 0 Å². The van der Waals surface area contributed by atoms with Crippen molar-refractivity contribution in [3.8, 4) is 5.75 Å². The van der Waals surface area contributed by atoms with Crippen LogP contribution in [0.15, 0.2) is 24.3 Å². The number of benzene rings is 1. The highest BCUT2D eigenvalue weighted by atomic mass is 33.7. The van der Waals surface area contributed by atoms with Gasteiger partial charge in [0.2, 0.25) is 0 Å². The molecule has 0 spiro atoms. The number of para-hydroxylation sites is 1. The Labute approximate surface area is 102 Å². The molecular weight excluding hydrogens is 290 g/mol. The highest BCUT2D eigenvalue weighted by Crippen LogP contribution is 2.96. The molecule has 1 aliphatic heterocycles. The first-order chi connectivity index (χ1) is 6.65. The molecule has 14 heavy (non-hydrogen) atoms. The van der Waals surface area contributed by atoms with Crippen LogP contribution < -0.4 is 10.0 Å². The molecule has 1 heterocycles. The number of rotatable bonds is 2. The SMILES string of the molecule is COc1ccccc1P1(=S)S[P+](=S)S1. The van der Waals surface area contributed by atoms with E-state index in [0.29, 0.717) is 0 Å². The van der Waals surface area contributed by atoms with Gasteiger partial charge in [-0.15, -0.1) is 0 Å². The molecule has 7 heteroatoms. The van der Waals surface area contributed by atoms with E-state index in [2.05, 4.69) is 6.07 Å². The fourth-order valence-electron chi connectivity index (χ4n) is 1.13. The van der Waals surface area contributed by atoms with Crippen molar-refractivity contribution in [1.82, 2.24) is 0 Å². The standard InChI is InChI=1S/C7H7OP2S4/c1-8-6-4-2-3-5-7(6)10(12)13-9(11)14-10/h2-5H,1H3/q+1. The van der Waals surface area contributed by atoms with E-state index in [-0.39, 0.29) is 5.10 Å². The zero-order valence-electron chi connectivity index (χ0n) is 7.25. The lowest BCUT2D eigenvalue weighted by Gasteiger charge is -2.19. The summed E-state index contributed by atoms with van der Waals surface area (Å²) in [5.74, 6) is 0.911. The van der Waals surface area contributed by atoms with Crippen molar-refractivity contribution in [3.05, 3.63) is 24.3 Å². The number of hydrogen-bond donors (Lipinski definition) is 0. The summed E-state index contributed by atoms with van der Waals surface area (Å²) in [5, 5.41) is 0.837. The zero-order chi connectivity index (χ0) is 10.2. The Bertz CT molecular complexity index is 421.